The number of benzene rings is 1. The van der Waals surface area contributed by atoms with E-state index in [0.717, 1.165) is 19.5 Å². The minimum absolute atomic E-state index is 0. The van der Waals surface area contributed by atoms with Crippen molar-refractivity contribution < 1.29 is 4.74 Å². The predicted molar refractivity (Wildman–Crippen MR) is 102 cm³/mol. The zero-order valence-electron chi connectivity index (χ0n) is 12.3. The second-order valence-electron chi connectivity index (χ2n) is 5.70. The first-order valence-electron chi connectivity index (χ1n) is 7.19. The highest BCUT2D eigenvalue weighted by atomic mass is 127. The highest BCUT2D eigenvalue weighted by molar-refractivity contribution is 14.0. The summed E-state index contributed by atoms with van der Waals surface area (Å²) in [5, 5.41) is 1.18. The van der Waals surface area contributed by atoms with Crippen molar-refractivity contribution in [3.63, 3.8) is 0 Å². The summed E-state index contributed by atoms with van der Waals surface area (Å²) in [6.07, 6.45) is 1.22. The van der Waals surface area contributed by atoms with Crippen molar-refractivity contribution in [3.8, 4) is 0 Å². The molecule has 1 aromatic rings. The summed E-state index contributed by atoms with van der Waals surface area (Å²) in [7, 11) is 0. The number of guanidine groups is 1. The van der Waals surface area contributed by atoms with Gasteiger partial charge in [0, 0.05) is 19.0 Å². The Hall–Kier alpha value is -0.240. The monoisotopic (exact) mass is 455 g/mol. The molecule has 122 valence electrons. The van der Waals surface area contributed by atoms with Crippen LogP contribution in [0.5, 0.6) is 0 Å². The second-order valence-corrected chi connectivity index (χ2v) is 6.51. The number of aliphatic imine (C=N–C) groups is 1. The van der Waals surface area contributed by atoms with E-state index in [2.05, 4.69) is 16.8 Å². The smallest absolute Gasteiger partial charge is 0.191 e. The van der Waals surface area contributed by atoms with E-state index in [1.807, 2.05) is 18.2 Å². The molecule has 0 spiro atoms. The first-order valence-corrected chi connectivity index (χ1v) is 7.95. The van der Waals surface area contributed by atoms with Crippen molar-refractivity contribution in [2.75, 3.05) is 19.7 Å². The molecule has 3 atom stereocenters. The molecule has 1 unspecified atom stereocenters. The minimum atomic E-state index is 0. The van der Waals surface area contributed by atoms with Gasteiger partial charge in [-0.25, -0.2) is 4.99 Å². The van der Waals surface area contributed by atoms with Crippen molar-refractivity contribution >= 4 is 53.1 Å². The third-order valence-electron chi connectivity index (χ3n) is 3.99. The molecule has 4 nitrogen and oxygen atoms in total. The van der Waals surface area contributed by atoms with Crippen molar-refractivity contribution in [2.45, 2.75) is 31.4 Å². The van der Waals surface area contributed by atoms with Crippen LogP contribution < -0.4 is 5.73 Å². The van der Waals surface area contributed by atoms with Crippen LogP contribution in [-0.2, 0) is 4.74 Å². The van der Waals surface area contributed by atoms with Gasteiger partial charge in [-0.1, -0.05) is 29.3 Å². The molecule has 0 bridgehead atoms. The van der Waals surface area contributed by atoms with Gasteiger partial charge < -0.3 is 15.4 Å². The quantitative estimate of drug-likeness (QED) is 0.421. The van der Waals surface area contributed by atoms with Gasteiger partial charge in [-0.05, 0) is 31.0 Å². The van der Waals surface area contributed by atoms with Gasteiger partial charge in [0.2, 0.25) is 0 Å². The van der Waals surface area contributed by atoms with E-state index in [9.17, 15) is 0 Å². The van der Waals surface area contributed by atoms with Crippen molar-refractivity contribution in [3.05, 3.63) is 33.8 Å². The van der Waals surface area contributed by atoms with Crippen LogP contribution in [0.15, 0.2) is 23.2 Å². The molecule has 3 rings (SSSR count). The van der Waals surface area contributed by atoms with Gasteiger partial charge in [0.1, 0.15) is 0 Å². The maximum absolute atomic E-state index is 6.12. The topological polar surface area (TPSA) is 50.8 Å². The number of morpholine rings is 1. The number of nitrogens with zero attached hydrogens (tertiary/aromatic N) is 2. The van der Waals surface area contributed by atoms with Gasteiger partial charge in [-0.2, -0.15) is 0 Å². The number of ether oxygens (including phenoxy) is 1. The number of rotatable bonds is 2. The van der Waals surface area contributed by atoms with E-state index >= 15 is 0 Å². The van der Waals surface area contributed by atoms with Gasteiger partial charge >= 0.3 is 0 Å². The Kier molecular flexibility index (Phi) is 6.22. The normalized spacial score (nSPS) is 28.2. The first-order chi connectivity index (χ1) is 10.0. The molecule has 2 fully saturated rings. The van der Waals surface area contributed by atoms with Gasteiger partial charge in [-0.3, -0.25) is 0 Å². The fourth-order valence-electron chi connectivity index (χ4n) is 2.70. The second kappa shape index (κ2) is 7.55. The molecule has 1 saturated carbocycles. The number of hydrogen-bond donors (Lipinski definition) is 1. The molecule has 1 aliphatic carbocycles. The van der Waals surface area contributed by atoms with Crippen molar-refractivity contribution in [1.82, 2.24) is 4.90 Å². The van der Waals surface area contributed by atoms with Crippen LogP contribution in [0.4, 0.5) is 0 Å². The van der Waals surface area contributed by atoms with Crippen LogP contribution in [0.2, 0.25) is 10.0 Å². The Morgan fingerprint density at radius 3 is 2.82 bits per heavy atom. The van der Waals surface area contributed by atoms with Gasteiger partial charge in [0.25, 0.3) is 0 Å². The molecular weight excluding hydrogens is 436 g/mol. The summed E-state index contributed by atoms with van der Waals surface area (Å²) in [5.74, 6) is 1.02. The molecule has 7 heteroatoms. The Labute approximate surface area is 158 Å². The summed E-state index contributed by atoms with van der Waals surface area (Å²) < 4.78 is 5.51. The third kappa shape index (κ3) is 4.19. The zero-order chi connectivity index (χ0) is 15.0. The third-order valence-corrected chi connectivity index (χ3v) is 4.73. The molecular formula is C15H20Cl2IN3O. The predicted octanol–water partition coefficient (Wildman–Crippen LogP) is 3.50. The molecule has 1 aromatic carbocycles. The Balaban J connectivity index is 0.00000176. The summed E-state index contributed by atoms with van der Waals surface area (Å²) >= 11 is 12.0. The number of hydrogen-bond acceptors (Lipinski definition) is 2. The Morgan fingerprint density at radius 1 is 1.36 bits per heavy atom. The maximum Gasteiger partial charge on any atom is 0.191 e. The molecule has 2 N–H and O–H groups in total. The highest BCUT2D eigenvalue weighted by Gasteiger charge is 2.39. The van der Waals surface area contributed by atoms with E-state index in [1.54, 1.807) is 0 Å². The standard InChI is InChI=1S/C15H19Cl2N3O.HI/c1-9-8-20(4-5-21-9)15(18)19-14-7-11(14)10-2-3-12(16)13(17)6-10;/h2-3,6,9,11,14H,4-5,7-8H2,1H3,(H2,18,19);1H/t9?,11-,14+;/m0./s1. The highest BCUT2D eigenvalue weighted by Crippen LogP contribution is 2.44. The molecule has 0 aromatic heterocycles. The number of halogens is 3. The Bertz CT molecular complexity index is 570. The van der Waals surface area contributed by atoms with Crippen LogP contribution in [0.25, 0.3) is 0 Å². The molecule has 1 aliphatic heterocycles. The maximum atomic E-state index is 6.12. The lowest BCUT2D eigenvalue weighted by Gasteiger charge is -2.31. The fourth-order valence-corrected chi connectivity index (χ4v) is 3.01. The van der Waals surface area contributed by atoms with E-state index in [1.165, 1.54) is 5.56 Å². The summed E-state index contributed by atoms with van der Waals surface area (Å²) in [6.45, 7) is 4.37. The van der Waals surface area contributed by atoms with Gasteiger partial charge in [0.05, 0.1) is 28.8 Å². The summed E-state index contributed by atoms with van der Waals surface area (Å²) in [6, 6.07) is 6.03. The lowest BCUT2D eigenvalue weighted by Crippen LogP contribution is -2.48. The minimum Gasteiger partial charge on any atom is -0.375 e. The van der Waals surface area contributed by atoms with E-state index in [4.69, 9.17) is 33.7 Å². The molecule has 1 saturated heterocycles. The molecule has 2 aliphatic rings. The average Bonchev–Trinajstić information content (AvgIpc) is 3.21. The van der Waals surface area contributed by atoms with E-state index in [0.29, 0.717) is 28.5 Å². The van der Waals surface area contributed by atoms with Crippen LogP contribution in [0.1, 0.15) is 24.8 Å². The zero-order valence-corrected chi connectivity index (χ0v) is 16.2. The molecule has 1 heterocycles. The number of nitrogens with two attached hydrogens (primary N) is 1. The first kappa shape index (κ1) is 18.1. The lowest BCUT2D eigenvalue weighted by molar-refractivity contribution is 0.00528. The van der Waals surface area contributed by atoms with E-state index < -0.39 is 0 Å². The molecule has 22 heavy (non-hydrogen) atoms. The average molecular weight is 456 g/mol. The van der Waals surface area contributed by atoms with Crippen molar-refractivity contribution in [2.24, 2.45) is 10.7 Å². The fraction of sp³-hybridized carbons (Fsp3) is 0.533. The van der Waals surface area contributed by atoms with Gasteiger partial charge in [0.15, 0.2) is 5.96 Å². The van der Waals surface area contributed by atoms with Crippen LogP contribution in [0.3, 0.4) is 0 Å². The van der Waals surface area contributed by atoms with E-state index in [-0.39, 0.29) is 36.1 Å². The molecule has 0 radical (unpaired) electrons. The van der Waals surface area contributed by atoms with Crippen molar-refractivity contribution in [1.29, 1.82) is 0 Å². The largest absolute Gasteiger partial charge is 0.375 e. The summed E-state index contributed by atoms with van der Waals surface area (Å²) in [5.41, 5.74) is 7.30. The van der Waals surface area contributed by atoms with Crippen LogP contribution in [-0.4, -0.2) is 42.7 Å². The van der Waals surface area contributed by atoms with Crippen LogP contribution in [0, 0.1) is 0 Å². The molecule has 0 amide bonds. The Morgan fingerprint density at radius 2 is 2.14 bits per heavy atom. The summed E-state index contributed by atoms with van der Waals surface area (Å²) in [4.78, 5) is 6.74. The SMILES string of the molecule is CC1CN(C(N)=N[C@@H]2C[C@H]2c2ccc(Cl)c(Cl)c2)CCO1.I. The van der Waals surface area contributed by atoms with Crippen LogP contribution >= 0.6 is 47.2 Å². The van der Waals surface area contributed by atoms with Gasteiger partial charge in [-0.15, -0.1) is 24.0 Å². The lowest BCUT2D eigenvalue weighted by atomic mass is 10.1.